The fourth-order valence-electron chi connectivity index (χ4n) is 1.88. The Bertz CT molecular complexity index is 557. The van der Waals surface area contributed by atoms with Crippen molar-refractivity contribution in [3.8, 4) is 0 Å². The van der Waals surface area contributed by atoms with Crippen molar-refractivity contribution in [1.29, 1.82) is 0 Å². The summed E-state index contributed by atoms with van der Waals surface area (Å²) in [6.07, 6.45) is 4.17. The van der Waals surface area contributed by atoms with Gasteiger partial charge in [-0.25, -0.2) is 9.97 Å². The highest BCUT2D eigenvalue weighted by atomic mass is 32.1. The van der Waals surface area contributed by atoms with Crippen LogP contribution in [0.25, 0.3) is 10.2 Å². The second kappa shape index (κ2) is 3.63. The summed E-state index contributed by atoms with van der Waals surface area (Å²) < 4.78 is 0. The van der Waals surface area contributed by atoms with Crippen molar-refractivity contribution in [3.05, 3.63) is 23.0 Å². The Kier molecular flexibility index (Phi) is 2.24. The Morgan fingerprint density at radius 3 is 3.06 bits per heavy atom. The molecular weight excluding hydrogens is 220 g/mol. The van der Waals surface area contributed by atoms with Crippen LogP contribution >= 0.6 is 11.3 Å². The molecule has 0 unspecified atom stereocenters. The van der Waals surface area contributed by atoms with Crippen molar-refractivity contribution in [2.75, 3.05) is 0 Å². The minimum absolute atomic E-state index is 0.310. The first-order chi connectivity index (χ1) is 7.74. The van der Waals surface area contributed by atoms with Crippen LogP contribution in [0.5, 0.6) is 0 Å². The van der Waals surface area contributed by atoms with Crippen LogP contribution in [0.2, 0.25) is 0 Å². The predicted octanol–water partition coefficient (Wildman–Crippen LogP) is 2.52. The van der Waals surface area contributed by atoms with Gasteiger partial charge in [-0.05, 0) is 25.8 Å². The van der Waals surface area contributed by atoms with Gasteiger partial charge in [-0.2, -0.15) is 0 Å². The van der Waals surface area contributed by atoms with Crippen LogP contribution in [-0.4, -0.2) is 15.8 Å². The maximum Gasteiger partial charge on any atom is 0.141 e. The number of aromatic nitrogens is 2. The number of carbonyl (C=O) groups excluding carboxylic acids is 1. The van der Waals surface area contributed by atoms with Crippen LogP contribution < -0.4 is 0 Å². The molecule has 1 aliphatic rings. The SMILES string of the molecule is Cc1cc2c(CC(=O)C3CC3)ncnc2s1. The first kappa shape index (κ1) is 9.90. The lowest BCUT2D eigenvalue weighted by molar-refractivity contribution is -0.119. The van der Waals surface area contributed by atoms with Crippen LogP contribution in [-0.2, 0) is 11.2 Å². The van der Waals surface area contributed by atoms with Crippen LogP contribution in [0.15, 0.2) is 12.4 Å². The molecule has 3 nitrogen and oxygen atoms in total. The largest absolute Gasteiger partial charge is 0.299 e. The quantitative estimate of drug-likeness (QED) is 0.816. The van der Waals surface area contributed by atoms with Gasteiger partial charge in [-0.3, -0.25) is 4.79 Å². The average Bonchev–Trinajstić information content (AvgIpc) is 3.01. The summed E-state index contributed by atoms with van der Waals surface area (Å²) in [6, 6.07) is 2.08. The van der Waals surface area contributed by atoms with E-state index in [1.54, 1.807) is 17.7 Å². The zero-order chi connectivity index (χ0) is 11.1. The number of nitrogens with zero attached hydrogens (tertiary/aromatic N) is 2. The fourth-order valence-corrected chi connectivity index (χ4v) is 2.75. The van der Waals surface area contributed by atoms with E-state index in [1.807, 2.05) is 0 Å². The molecule has 1 aliphatic carbocycles. The predicted molar refractivity (Wildman–Crippen MR) is 63.6 cm³/mol. The first-order valence-electron chi connectivity index (χ1n) is 5.47. The molecule has 0 aliphatic heterocycles. The molecule has 0 atom stereocenters. The molecular formula is C12H12N2OS. The van der Waals surface area contributed by atoms with Gasteiger partial charge in [0.05, 0.1) is 5.69 Å². The normalized spacial score (nSPS) is 15.6. The third kappa shape index (κ3) is 1.73. The summed E-state index contributed by atoms with van der Waals surface area (Å²) in [4.78, 5) is 22.4. The summed E-state index contributed by atoms with van der Waals surface area (Å²) in [7, 11) is 0. The van der Waals surface area contributed by atoms with Gasteiger partial charge in [0.25, 0.3) is 0 Å². The molecule has 3 rings (SSSR count). The average molecular weight is 232 g/mol. The van der Waals surface area contributed by atoms with Gasteiger partial charge < -0.3 is 0 Å². The molecule has 82 valence electrons. The summed E-state index contributed by atoms with van der Waals surface area (Å²) in [5, 5.41) is 1.05. The van der Waals surface area contributed by atoms with Crippen LogP contribution in [0.4, 0.5) is 0 Å². The molecule has 16 heavy (non-hydrogen) atoms. The Balaban J connectivity index is 1.98. The van der Waals surface area contributed by atoms with E-state index in [4.69, 9.17) is 0 Å². The van der Waals surface area contributed by atoms with E-state index in [2.05, 4.69) is 23.0 Å². The number of fused-ring (bicyclic) bond motifs is 1. The van der Waals surface area contributed by atoms with Crippen LogP contribution in [0.3, 0.4) is 0 Å². The van der Waals surface area contributed by atoms with E-state index < -0.39 is 0 Å². The Morgan fingerprint density at radius 1 is 1.50 bits per heavy atom. The monoisotopic (exact) mass is 232 g/mol. The topological polar surface area (TPSA) is 42.9 Å². The highest BCUT2D eigenvalue weighted by Crippen LogP contribution is 2.32. The third-order valence-corrected chi connectivity index (χ3v) is 3.87. The number of ketones is 1. The zero-order valence-electron chi connectivity index (χ0n) is 9.06. The van der Waals surface area contributed by atoms with Gasteiger partial charge in [0.1, 0.15) is 16.9 Å². The van der Waals surface area contributed by atoms with Crippen molar-refractivity contribution in [3.63, 3.8) is 0 Å². The first-order valence-corrected chi connectivity index (χ1v) is 6.28. The summed E-state index contributed by atoms with van der Waals surface area (Å²) in [5.41, 5.74) is 0.895. The van der Waals surface area contributed by atoms with Crippen LogP contribution in [0, 0.1) is 12.8 Å². The van der Waals surface area contributed by atoms with Gasteiger partial charge in [0.15, 0.2) is 0 Å². The summed E-state index contributed by atoms with van der Waals surface area (Å²) >= 11 is 1.65. The molecule has 2 aromatic heterocycles. The smallest absolute Gasteiger partial charge is 0.141 e. The van der Waals surface area contributed by atoms with E-state index in [0.717, 1.165) is 28.8 Å². The highest BCUT2D eigenvalue weighted by Gasteiger charge is 2.29. The molecule has 4 heteroatoms. The van der Waals surface area contributed by atoms with Gasteiger partial charge in [-0.1, -0.05) is 0 Å². The molecule has 0 amide bonds. The van der Waals surface area contributed by atoms with Gasteiger partial charge in [0.2, 0.25) is 0 Å². The van der Waals surface area contributed by atoms with E-state index in [9.17, 15) is 4.79 Å². The van der Waals surface area contributed by atoms with Crippen LogP contribution in [0.1, 0.15) is 23.4 Å². The highest BCUT2D eigenvalue weighted by molar-refractivity contribution is 7.18. The van der Waals surface area contributed by atoms with Gasteiger partial charge in [0, 0.05) is 22.6 Å². The molecule has 0 N–H and O–H groups in total. The lowest BCUT2D eigenvalue weighted by Gasteiger charge is -1.99. The van der Waals surface area contributed by atoms with Gasteiger partial charge in [-0.15, -0.1) is 11.3 Å². The van der Waals surface area contributed by atoms with Crippen molar-refractivity contribution < 1.29 is 4.79 Å². The Labute approximate surface area is 97.5 Å². The van der Waals surface area contributed by atoms with Gasteiger partial charge >= 0.3 is 0 Å². The van der Waals surface area contributed by atoms with Crippen molar-refractivity contribution in [1.82, 2.24) is 9.97 Å². The lowest BCUT2D eigenvalue weighted by Crippen LogP contribution is -2.06. The molecule has 0 bridgehead atoms. The second-order valence-electron chi connectivity index (χ2n) is 4.31. The van der Waals surface area contributed by atoms with Crippen molar-refractivity contribution in [2.45, 2.75) is 26.2 Å². The molecule has 0 spiro atoms. The number of carbonyl (C=O) groups is 1. The minimum Gasteiger partial charge on any atom is -0.299 e. The zero-order valence-corrected chi connectivity index (χ0v) is 9.88. The number of hydrogen-bond donors (Lipinski definition) is 0. The number of Topliss-reactive ketones (excluding diaryl/α,β-unsaturated/α-hetero) is 1. The van der Waals surface area contributed by atoms with Crippen molar-refractivity contribution in [2.24, 2.45) is 5.92 Å². The number of hydrogen-bond acceptors (Lipinski definition) is 4. The standard InChI is InChI=1S/C12H12N2OS/c1-7-4-9-10(5-11(15)8-2-3-8)13-6-14-12(9)16-7/h4,6,8H,2-3,5H2,1H3. The second-order valence-corrected chi connectivity index (χ2v) is 5.55. The number of aryl methyl sites for hydroxylation is 1. The lowest BCUT2D eigenvalue weighted by atomic mass is 10.1. The third-order valence-electron chi connectivity index (χ3n) is 2.91. The molecule has 1 fully saturated rings. The number of rotatable bonds is 3. The molecule has 0 saturated heterocycles. The summed E-state index contributed by atoms with van der Waals surface area (Å²) in [5.74, 6) is 0.647. The maximum absolute atomic E-state index is 11.8. The molecule has 1 saturated carbocycles. The van der Waals surface area contributed by atoms with E-state index in [0.29, 0.717) is 18.1 Å². The van der Waals surface area contributed by atoms with E-state index in [1.165, 1.54) is 4.88 Å². The van der Waals surface area contributed by atoms with E-state index >= 15 is 0 Å². The number of thiophene rings is 1. The Morgan fingerprint density at radius 2 is 2.31 bits per heavy atom. The summed E-state index contributed by atoms with van der Waals surface area (Å²) in [6.45, 7) is 2.05. The Hall–Kier alpha value is -1.29. The van der Waals surface area contributed by atoms with E-state index in [-0.39, 0.29) is 0 Å². The molecule has 0 aromatic carbocycles. The maximum atomic E-state index is 11.8. The fraction of sp³-hybridized carbons (Fsp3) is 0.417. The van der Waals surface area contributed by atoms with Crippen molar-refractivity contribution >= 4 is 27.3 Å². The molecule has 2 heterocycles. The minimum atomic E-state index is 0.310. The molecule has 2 aromatic rings. The molecule has 0 radical (unpaired) electrons.